The number of alkyl halides is 3. The van der Waals surface area contributed by atoms with Crippen molar-refractivity contribution in [3.63, 3.8) is 0 Å². The van der Waals surface area contributed by atoms with Crippen LogP contribution in [0, 0.1) is 10.1 Å². The van der Waals surface area contributed by atoms with Crippen molar-refractivity contribution in [2.24, 2.45) is 9.98 Å². The number of nitro benzene ring substituents is 1. The number of aromatic nitrogens is 2. The first kappa shape index (κ1) is 29.8. The average molecular weight is 649 g/mol. The van der Waals surface area contributed by atoms with Gasteiger partial charge < -0.3 is 19.9 Å². The number of non-ortho nitro benzene ring substituents is 1. The lowest BCUT2D eigenvalue weighted by Gasteiger charge is -2.36. The first-order valence-corrected chi connectivity index (χ1v) is 15.5. The van der Waals surface area contributed by atoms with Gasteiger partial charge in [0.2, 0.25) is 5.13 Å². The molecule has 7 rings (SSSR count). The van der Waals surface area contributed by atoms with Gasteiger partial charge in [-0.1, -0.05) is 23.8 Å². The third-order valence-electron chi connectivity index (χ3n) is 8.04. The number of nitrogens with one attached hydrogen (secondary N) is 1. The molecule has 0 atom stereocenters. The molecule has 11 nitrogen and oxygen atoms in total. The highest BCUT2D eigenvalue weighted by Crippen LogP contribution is 2.37. The Morgan fingerprint density at radius 2 is 1.67 bits per heavy atom. The van der Waals surface area contributed by atoms with E-state index in [1.807, 2.05) is 6.07 Å². The molecule has 1 saturated heterocycles. The van der Waals surface area contributed by atoms with Crippen LogP contribution >= 0.6 is 11.3 Å². The number of hydrogen-bond donors (Lipinski definition) is 1. The van der Waals surface area contributed by atoms with Crippen molar-refractivity contribution in [1.82, 2.24) is 15.1 Å². The first-order chi connectivity index (χ1) is 22.1. The van der Waals surface area contributed by atoms with Gasteiger partial charge in [0.1, 0.15) is 16.1 Å². The molecule has 236 valence electrons. The number of amidine groups is 1. The van der Waals surface area contributed by atoms with Gasteiger partial charge in [0.05, 0.1) is 22.0 Å². The summed E-state index contributed by atoms with van der Waals surface area (Å²) in [6, 6.07) is 13.7. The smallest absolute Gasteiger partial charge is 0.406 e. The molecule has 0 spiro atoms. The third-order valence-corrected chi connectivity index (χ3v) is 8.93. The summed E-state index contributed by atoms with van der Waals surface area (Å²) in [6.45, 7) is 6.57. The number of nitrogens with zero attached hydrogens (tertiary/aromatic N) is 7. The number of halogens is 3. The fraction of sp³-hybridized carbons (Fsp3) is 0.290. The number of likely N-dealkylation sites (N-methyl/N-ethyl adjacent to an activating group) is 1. The van der Waals surface area contributed by atoms with Gasteiger partial charge in [-0.05, 0) is 61.9 Å². The number of nitro groups is 1. The molecule has 0 amide bonds. The summed E-state index contributed by atoms with van der Waals surface area (Å²) < 4.78 is 42.1. The number of piperazine rings is 1. The SMILES string of the molecule is CCN1CCN(c2cc3c(c(=C4CC4)c2Nc2nnc(-c4ccc([N+](=O)[O-])cc4)s2)=NC(c2ccc(OC(F)(F)F)cc2)=N3)CC1. The van der Waals surface area contributed by atoms with E-state index >= 15 is 0 Å². The standard InChI is InChI=1S/C31H27F3N8O3S/c1-2-40-13-15-41(16-14-40)24-17-23-26(36-28(35-23)19-7-11-22(12-8-19)45-31(32,33)34)25(18-3-4-18)27(24)37-30-39-38-29(46-30)20-5-9-21(10-6-20)42(43)44/h5-12,17H,2-4,13-16H2,1H3,(H,37,39). The summed E-state index contributed by atoms with van der Waals surface area (Å²) in [5, 5.41) is 26.2. The van der Waals surface area contributed by atoms with Gasteiger partial charge in [-0.2, -0.15) is 0 Å². The van der Waals surface area contributed by atoms with E-state index in [4.69, 9.17) is 9.98 Å². The number of fused-ring (bicyclic) bond motifs is 1. The number of rotatable bonds is 8. The molecule has 1 aliphatic carbocycles. The second-order valence-corrected chi connectivity index (χ2v) is 12.0. The minimum absolute atomic E-state index is 0.000381. The van der Waals surface area contributed by atoms with Crippen molar-refractivity contribution in [2.75, 3.05) is 42.9 Å². The Morgan fingerprint density at radius 1 is 0.978 bits per heavy atom. The molecule has 46 heavy (non-hydrogen) atoms. The summed E-state index contributed by atoms with van der Waals surface area (Å²) in [4.78, 5) is 25.1. The molecule has 1 aromatic heterocycles. The maximum Gasteiger partial charge on any atom is 0.573 e. The van der Waals surface area contributed by atoms with Crippen LogP contribution in [0.3, 0.4) is 0 Å². The van der Waals surface area contributed by atoms with E-state index in [1.54, 1.807) is 12.1 Å². The monoisotopic (exact) mass is 648 g/mol. The van der Waals surface area contributed by atoms with Gasteiger partial charge in [0.25, 0.3) is 5.69 Å². The summed E-state index contributed by atoms with van der Waals surface area (Å²) in [7, 11) is 0. The van der Waals surface area contributed by atoms with Crippen LogP contribution in [0.25, 0.3) is 16.1 Å². The lowest BCUT2D eigenvalue weighted by atomic mass is 10.1. The van der Waals surface area contributed by atoms with Gasteiger partial charge in [-0.25, -0.2) is 9.98 Å². The molecule has 0 unspecified atom stereocenters. The second kappa shape index (κ2) is 11.8. The highest BCUT2D eigenvalue weighted by Gasteiger charge is 2.31. The van der Waals surface area contributed by atoms with Crippen molar-refractivity contribution in [3.05, 3.63) is 80.9 Å². The minimum atomic E-state index is -4.78. The summed E-state index contributed by atoms with van der Waals surface area (Å²) in [6.07, 6.45) is -2.96. The van der Waals surface area contributed by atoms with Crippen LogP contribution < -0.4 is 25.5 Å². The van der Waals surface area contributed by atoms with Crippen LogP contribution in [0.2, 0.25) is 0 Å². The molecule has 3 aliphatic rings. The van der Waals surface area contributed by atoms with Crippen molar-refractivity contribution in [3.8, 4) is 16.3 Å². The van der Waals surface area contributed by atoms with Gasteiger partial charge in [-0.3, -0.25) is 10.1 Å². The topological polar surface area (TPSA) is 121 Å². The Bertz CT molecular complexity index is 1960. The summed E-state index contributed by atoms with van der Waals surface area (Å²) in [5.74, 6) is 0.0954. The van der Waals surface area contributed by atoms with E-state index in [-0.39, 0.29) is 11.4 Å². The third kappa shape index (κ3) is 6.15. The van der Waals surface area contributed by atoms with Crippen molar-refractivity contribution in [2.45, 2.75) is 26.1 Å². The number of ether oxygens (including phenoxy) is 1. The van der Waals surface area contributed by atoms with Gasteiger partial charge in [-0.15, -0.1) is 23.4 Å². The van der Waals surface area contributed by atoms with E-state index < -0.39 is 11.3 Å². The summed E-state index contributed by atoms with van der Waals surface area (Å²) in [5.41, 5.74) is 5.03. The zero-order chi connectivity index (χ0) is 32.0. The summed E-state index contributed by atoms with van der Waals surface area (Å²) >= 11 is 1.34. The van der Waals surface area contributed by atoms with Crippen molar-refractivity contribution >= 4 is 50.6 Å². The Morgan fingerprint density at radius 3 is 2.30 bits per heavy atom. The van der Waals surface area contributed by atoms with Gasteiger partial charge >= 0.3 is 6.36 Å². The molecule has 0 radical (unpaired) electrons. The molecule has 2 fully saturated rings. The highest BCUT2D eigenvalue weighted by atomic mass is 32.1. The number of aliphatic imine (C=N–C) groups is 1. The van der Waals surface area contributed by atoms with Crippen LogP contribution in [0.4, 0.5) is 41.1 Å². The minimum Gasteiger partial charge on any atom is -0.406 e. The molecule has 1 N–H and O–H groups in total. The van der Waals surface area contributed by atoms with Crippen LogP contribution in [0.15, 0.2) is 64.6 Å². The molecule has 4 aromatic rings. The maximum atomic E-state index is 12.7. The molecule has 0 bridgehead atoms. The van der Waals surface area contributed by atoms with E-state index in [0.29, 0.717) is 32.6 Å². The Balaban J connectivity index is 1.28. The fourth-order valence-electron chi connectivity index (χ4n) is 5.58. The number of hydrogen-bond acceptors (Lipinski definition) is 11. The van der Waals surface area contributed by atoms with Crippen molar-refractivity contribution < 1.29 is 22.8 Å². The predicted molar refractivity (Wildman–Crippen MR) is 169 cm³/mol. The van der Waals surface area contributed by atoms with Crippen molar-refractivity contribution in [1.29, 1.82) is 0 Å². The van der Waals surface area contributed by atoms with Crippen LogP contribution in [0.5, 0.6) is 5.75 Å². The Kier molecular flexibility index (Phi) is 7.64. The lowest BCUT2D eigenvalue weighted by molar-refractivity contribution is -0.384. The predicted octanol–water partition coefficient (Wildman–Crippen LogP) is 5.55. The molecule has 1 saturated carbocycles. The molecular weight excluding hydrogens is 621 g/mol. The molecule has 15 heteroatoms. The van der Waals surface area contributed by atoms with Crippen LogP contribution in [0.1, 0.15) is 25.3 Å². The largest absolute Gasteiger partial charge is 0.573 e. The second-order valence-electron chi connectivity index (χ2n) is 11.0. The quantitative estimate of drug-likeness (QED) is 0.195. The number of benzene rings is 3. The fourth-order valence-corrected chi connectivity index (χ4v) is 6.34. The highest BCUT2D eigenvalue weighted by molar-refractivity contribution is 7.18. The normalized spacial score (nSPS) is 16.1. The average Bonchev–Trinajstić information content (AvgIpc) is 3.61. The first-order valence-electron chi connectivity index (χ1n) is 14.7. The molecular formula is C31H27F3N8O3S. The van der Waals surface area contributed by atoms with Crippen LogP contribution in [-0.4, -0.2) is 64.9 Å². The molecule has 2 aliphatic heterocycles. The Hall–Kier alpha value is -4.89. The zero-order valence-corrected chi connectivity index (χ0v) is 25.4. The lowest BCUT2D eigenvalue weighted by Crippen LogP contribution is -2.47. The van der Waals surface area contributed by atoms with E-state index in [0.717, 1.165) is 67.7 Å². The molecule has 3 aromatic carbocycles. The van der Waals surface area contributed by atoms with Gasteiger partial charge in [0.15, 0.2) is 5.84 Å². The molecule has 3 heterocycles. The van der Waals surface area contributed by atoms with E-state index in [2.05, 4.69) is 37.0 Å². The Labute approximate surface area is 264 Å². The van der Waals surface area contributed by atoms with Crippen LogP contribution in [-0.2, 0) is 0 Å². The maximum absolute atomic E-state index is 12.7. The number of anilines is 3. The zero-order valence-electron chi connectivity index (χ0n) is 24.5. The van der Waals surface area contributed by atoms with Gasteiger partial charge in [0, 0.05) is 54.7 Å². The van der Waals surface area contributed by atoms with E-state index in [1.165, 1.54) is 53.3 Å². The van der Waals surface area contributed by atoms with E-state index in [9.17, 15) is 23.3 Å².